The molecule has 0 aliphatic carbocycles. The maximum atomic E-state index is 12.6. The van der Waals surface area contributed by atoms with E-state index in [-0.39, 0.29) is 11.4 Å². The van der Waals surface area contributed by atoms with Crippen LogP contribution in [-0.4, -0.2) is 38.6 Å². The van der Waals surface area contributed by atoms with Gasteiger partial charge in [0, 0.05) is 11.3 Å². The molecule has 0 aliphatic rings. The summed E-state index contributed by atoms with van der Waals surface area (Å²) in [5, 5.41) is 15.6. The summed E-state index contributed by atoms with van der Waals surface area (Å²) >= 11 is 1.12. The zero-order valence-corrected chi connectivity index (χ0v) is 17.4. The van der Waals surface area contributed by atoms with Gasteiger partial charge in [-0.3, -0.25) is 4.79 Å². The quantitative estimate of drug-likeness (QED) is 0.426. The van der Waals surface area contributed by atoms with Gasteiger partial charge in [-0.15, -0.1) is 10.2 Å². The molecule has 2 heterocycles. The molecule has 1 amide bonds. The number of carbonyl (C=O) groups is 1. The minimum Gasteiger partial charge on any atom is -0.497 e. The van der Waals surface area contributed by atoms with Crippen LogP contribution in [0.4, 0.5) is 18.9 Å². The Hall–Kier alpha value is -3.60. The lowest BCUT2D eigenvalue weighted by atomic mass is 10.1. The molecule has 0 aliphatic heterocycles. The van der Waals surface area contributed by atoms with Gasteiger partial charge in [0.1, 0.15) is 5.75 Å². The Morgan fingerprint density at radius 3 is 2.41 bits per heavy atom. The van der Waals surface area contributed by atoms with Crippen molar-refractivity contribution in [3.8, 4) is 17.0 Å². The standard InChI is InChI=1S/C21H16F3N5O2S/c1-31-16-8-2-13(3-9-16)17-10-11-18-26-27-20(29(18)28-17)32-12-19(30)25-15-6-4-14(5-7-15)21(22,23)24/h2-11H,12H2,1H3,(H,25,30). The number of alkyl halides is 3. The topological polar surface area (TPSA) is 81.4 Å². The molecule has 0 spiro atoms. The zero-order chi connectivity index (χ0) is 22.7. The van der Waals surface area contributed by atoms with E-state index >= 15 is 0 Å². The summed E-state index contributed by atoms with van der Waals surface area (Å²) in [6, 6.07) is 15.2. The maximum Gasteiger partial charge on any atom is 0.416 e. The minimum absolute atomic E-state index is 0.0176. The number of anilines is 1. The number of hydrogen-bond acceptors (Lipinski definition) is 6. The lowest BCUT2D eigenvalue weighted by Crippen LogP contribution is -2.14. The van der Waals surface area contributed by atoms with Crippen molar-refractivity contribution >= 4 is 29.0 Å². The number of aromatic nitrogens is 4. The van der Waals surface area contributed by atoms with Crippen molar-refractivity contribution in [3.63, 3.8) is 0 Å². The molecule has 2 aromatic carbocycles. The van der Waals surface area contributed by atoms with E-state index in [1.165, 1.54) is 16.6 Å². The number of thioether (sulfide) groups is 1. The number of fused-ring (bicyclic) bond motifs is 1. The van der Waals surface area contributed by atoms with E-state index in [9.17, 15) is 18.0 Å². The average Bonchev–Trinajstić information content (AvgIpc) is 3.20. The molecule has 0 saturated carbocycles. The van der Waals surface area contributed by atoms with Crippen LogP contribution in [0.15, 0.2) is 65.8 Å². The van der Waals surface area contributed by atoms with Gasteiger partial charge in [-0.25, -0.2) is 0 Å². The first kappa shape index (κ1) is 21.6. The van der Waals surface area contributed by atoms with E-state index in [0.717, 1.165) is 35.2 Å². The van der Waals surface area contributed by atoms with Gasteiger partial charge in [0.25, 0.3) is 0 Å². The fourth-order valence-electron chi connectivity index (χ4n) is 2.84. The highest BCUT2D eigenvalue weighted by molar-refractivity contribution is 7.99. The molecule has 0 fully saturated rings. The molecule has 0 radical (unpaired) electrons. The lowest BCUT2D eigenvalue weighted by molar-refractivity contribution is -0.137. The van der Waals surface area contributed by atoms with E-state index in [1.807, 2.05) is 30.3 Å². The largest absolute Gasteiger partial charge is 0.497 e. The summed E-state index contributed by atoms with van der Waals surface area (Å²) in [4.78, 5) is 12.2. The molecule has 0 atom stereocenters. The second-order valence-corrected chi connectivity index (χ2v) is 7.55. The van der Waals surface area contributed by atoms with Crippen LogP contribution in [0.3, 0.4) is 0 Å². The summed E-state index contributed by atoms with van der Waals surface area (Å²) in [5.74, 6) is 0.322. The normalized spacial score (nSPS) is 11.5. The first-order valence-corrected chi connectivity index (χ1v) is 10.3. The van der Waals surface area contributed by atoms with Gasteiger partial charge in [0.05, 0.1) is 24.1 Å². The average molecular weight is 459 g/mol. The van der Waals surface area contributed by atoms with E-state index < -0.39 is 17.6 Å². The van der Waals surface area contributed by atoms with E-state index in [0.29, 0.717) is 16.5 Å². The number of rotatable bonds is 6. The fraction of sp³-hybridized carbons (Fsp3) is 0.143. The van der Waals surface area contributed by atoms with Gasteiger partial charge in [0.2, 0.25) is 11.1 Å². The van der Waals surface area contributed by atoms with Gasteiger partial charge in [-0.1, -0.05) is 11.8 Å². The summed E-state index contributed by atoms with van der Waals surface area (Å²) in [7, 11) is 1.59. The molecular weight excluding hydrogens is 443 g/mol. The Morgan fingerprint density at radius 1 is 1.03 bits per heavy atom. The van der Waals surface area contributed by atoms with Gasteiger partial charge in [0.15, 0.2) is 5.65 Å². The highest BCUT2D eigenvalue weighted by atomic mass is 32.2. The van der Waals surface area contributed by atoms with Crippen LogP contribution in [0.1, 0.15) is 5.56 Å². The molecule has 32 heavy (non-hydrogen) atoms. The Balaban J connectivity index is 1.44. The molecule has 164 valence electrons. The summed E-state index contributed by atoms with van der Waals surface area (Å²) in [5.41, 5.74) is 1.58. The summed E-state index contributed by atoms with van der Waals surface area (Å²) in [6.45, 7) is 0. The van der Waals surface area contributed by atoms with Crippen molar-refractivity contribution in [1.29, 1.82) is 0 Å². The van der Waals surface area contributed by atoms with Crippen molar-refractivity contribution in [1.82, 2.24) is 19.8 Å². The number of nitrogens with one attached hydrogen (secondary N) is 1. The third-order valence-electron chi connectivity index (χ3n) is 4.45. The highest BCUT2D eigenvalue weighted by Crippen LogP contribution is 2.30. The van der Waals surface area contributed by atoms with Crippen LogP contribution >= 0.6 is 11.8 Å². The highest BCUT2D eigenvalue weighted by Gasteiger charge is 2.30. The van der Waals surface area contributed by atoms with Gasteiger partial charge in [-0.2, -0.15) is 22.8 Å². The number of benzene rings is 2. The molecular formula is C21H16F3N5O2S. The molecule has 4 aromatic rings. The predicted octanol–water partition coefficient (Wildman–Crippen LogP) is 4.55. The third-order valence-corrected chi connectivity index (χ3v) is 5.37. The van der Waals surface area contributed by atoms with Gasteiger partial charge in [-0.05, 0) is 60.7 Å². The number of nitrogens with zero attached hydrogens (tertiary/aromatic N) is 4. The van der Waals surface area contributed by atoms with Crippen LogP contribution in [0.25, 0.3) is 16.9 Å². The van der Waals surface area contributed by atoms with E-state index in [4.69, 9.17) is 4.74 Å². The minimum atomic E-state index is -4.43. The second kappa shape index (κ2) is 8.87. The molecule has 7 nitrogen and oxygen atoms in total. The Bertz CT molecular complexity index is 1240. The van der Waals surface area contributed by atoms with Crippen LogP contribution in [-0.2, 0) is 11.0 Å². The molecule has 0 bridgehead atoms. The molecule has 4 rings (SSSR count). The van der Waals surface area contributed by atoms with Crippen molar-refractivity contribution in [2.75, 3.05) is 18.2 Å². The first-order valence-electron chi connectivity index (χ1n) is 9.30. The van der Waals surface area contributed by atoms with Gasteiger partial charge < -0.3 is 10.1 Å². The molecule has 0 saturated heterocycles. The Labute approximate surface area is 184 Å². The number of amides is 1. The van der Waals surface area contributed by atoms with Crippen LogP contribution < -0.4 is 10.1 Å². The monoisotopic (exact) mass is 459 g/mol. The molecule has 11 heteroatoms. The SMILES string of the molecule is COc1ccc(-c2ccc3nnc(SCC(=O)Nc4ccc(C(F)(F)F)cc4)n3n2)cc1. The predicted molar refractivity (Wildman–Crippen MR) is 114 cm³/mol. The Morgan fingerprint density at radius 2 is 1.75 bits per heavy atom. The Kier molecular flexibility index (Phi) is 5.99. The maximum absolute atomic E-state index is 12.6. The van der Waals surface area contributed by atoms with E-state index in [1.54, 1.807) is 13.2 Å². The van der Waals surface area contributed by atoms with Crippen LogP contribution in [0, 0.1) is 0 Å². The molecule has 1 N–H and O–H groups in total. The van der Waals surface area contributed by atoms with Crippen LogP contribution in [0.5, 0.6) is 5.75 Å². The second-order valence-electron chi connectivity index (χ2n) is 6.61. The summed E-state index contributed by atoms with van der Waals surface area (Å²) in [6.07, 6.45) is -4.43. The van der Waals surface area contributed by atoms with Crippen molar-refractivity contribution < 1.29 is 22.7 Å². The van der Waals surface area contributed by atoms with Crippen molar-refractivity contribution in [2.45, 2.75) is 11.3 Å². The third kappa shape index (κ3) is 4.83. The molecule has 0 unspecified atom stereocenters. The van der Waals surface area contributed by atoms with Crippen molar-refractivity contribution in [2.24, 2.45) is 0 Å². The fourth-order valence-corrected chi connectivity index (χ4v) is 3.53. The molecule has 2 aromatic heterocycles. The number of halogens is 3. The van der Waals surface area contributed by atoms with Crippen molar-refractivity contribution in [3.05, 3.63) is 66.2 Å². The summed E-state index contributed by atoms with van der Waals surface area (Å²) < 4.78 is 44.6. The van der Waals surface area contributed by atoms with E-state index in [2.05, 4.69) is 20.6 Å². The number of carbonyl (C=O) groups excluding carboxylic acids is 1. The van der Waals surface area contributed by atoms with Crippen LogP contribution in [0.2, 0.25) is 0 Å². The zero-order valence-electron chi connectivity index (χ0n) is 16.6. The lowest BCUT2D eigenvalue weighted by Gasteiger charge is -2.08. The first-order chi connectivity index (χ1) is 15.3. The number of methoxy groups -OCH3 is 1. The van der Waals surface area contributed by atoms with Gasteiger partial charge >= 0.3 is 6.18 Å². The smallest absolute Gasteiger partial charge is 0.416 e. The number of ether oxygens (including phenoxy) is 1. The number of hydrogen-bond donors (Lipinski definition) is 1.